The van der Waals surface area contributed by atoms with Crippen molar-refractivity contribution in [3.63, 3.8) is 0 Å². The fraction of sp³-hybridized carbons (Fsp3) is 0.941. The molecule has 0 radical (unpaired) electrons. The molecule has 0 amide bonds. The van der Waals surface area contributed by atoms with Crippen molar-refractivity contribution in [2.75, 3.05) is 13.2 Å². The van der Waals surface area contributed by atoms with Crippen LogP contribution in [0.3, 0.4) is 0 Å². The Morgan fingerprint density at radius 3 is 2.10 bits per heavy atom. The quantitative estimate of drug-likeness (QED) is 0.787. The van der Waals surface area contributed by atoms with Gasteiger partial charge in [-0.15, -0.1) is 0 Å². The summed E-state index contributed by atoms with van der Waals surface area (Å²) in [6.45, 7) is 4.22. The van der Waals surface area contributed by atoms with Crippen LogP contribution in [0.25, 0.3) is 0 Å². The van der Waals surface area contributed by atoms with Gasteiger partial charge < -0.3 is 9.84 Å². The van der Waals surface area contributed by atoms with Gasteiger partial charge in [-0.2, -0.15) is 0 Å². The molecule has 0 aliphatic heterocycles. The Morgan fingerprint density at radius 1 is 1.15 bits per heavy atom. The van der Waals surface area contributed by atoms with Crippen LogP contribution in [0.2, 0.25) is 0 Å². The summed E-state index contributed by atoms with van der Waals surface area (Å²) < 4.78 is 5.44. The van der Waals surface area contributed by atoms with E-state index in [4.69, 9.17) is 4.74 Å². The highest BCUT2D eigenvalue weighted by molar-refractivity contribution is 5.70. The fourth-order valence-electron chi connectivity index (χ4n) is 5.19. The third-order valence-electron chi connectivity index (χ3n) is 5.74. The molecule has 4 saturated carbocycles. The third-order valence-corrected chi connectivity index (χ3v) is 5.74. The van der Waals surface area contributed by atoms with E-state index in [0.717, 1.165) is 17.8 Å². The van der Waals surface area contributed by atoms with Crippen molar-refractivity contribution in [3.05, 3.63) is 0 Å². The second-order valence-corrected chi connectivity index (χ2v) is 8.58. The fourth-order valence-corrected chi connectivity index (χ4v) is 5.19. The van der Waals surface area contributed by atoms with Crippen LogP contribution in [0.15, 0.2) is 0 Å². The smallest absolute Gasteiger partial charge is 0.306 e. The molecule has 4 bridgehead atoms. The second kappa shape index (κ2) is 5.01. The molecule has 0 atom stereocenters. The summed E-state index contributed by atoms with van der Waals surface area (Å²) >= 11 is 0. The van der Waals surface area contributed by atoms with Gasteiger partial charge in [0, 0.05) is 5.41 Å². The predicted molar refractivity (Wildman–Crippen MR) is 77.0 cm³/mol. The molecule has 4 rings (SSSR count). The molecule has 0 aromatic heterocycles. The van der Waals surface area contributed by atoms with Gasteiger partial charge >= 0.3 is 5.97 Å². The largest absolute Gasteiger partial charge is 0.465 e. The van der Waals surface area contributed by atoms with Crippen LogP contribution in [-0.2, 0) is 9.53 Å². The van der Waals surface area contributed by atoms with Crippen molar-refractivity contribution in [1.82, 2.24) is 0 Å². The molecule has 0 saturated heterocycles. The average Bonchev–Trinajstić information content (AvgIpc) is 2.34. The number of hydrogen-bond acceptors (Lipinski definition) is 3. The van der Waals surface area contributed by atoms with Crippen molar-refractivity contribution < 1.29 is 14.6 Å². The molecule has 4 aliphatic rings. The van der Waals surface area contributed by atoms with Gasteiger partial charge in [-0.3, -0.25) is 4.79 Å². The van der Waals surface area contributed by atoms with Gasteiger partial charge in [-0.25, -0.2) is 0 Å². The monoisotopic (exact) mass is 280 g/mol. The number of aliphatic hydroxyl groups excluding tert-OH is 1. The second-order valence-electron chi connectivity index (χ2n) is 8.58. The summed E-state index contributed by atoms with van der Waals surface area (Å²) in [5.41, 5.74) is -0.0632. The first-order valence-corrected chi connectivity index (χ1v) is 8.16. The molecule has 1 N–H and O–H groups in total. The van der Waals surface area contributed by atoms with Crippen molar-refractivity contribution >= 4 is 5.97 Å². The SMILES string of the molecule is CC(C)(CO)COC(=O)CC12CC3CC(CC(C3)C1)C2. The van der Waals surface area contributed by atoms with Crippen molar-refractivity contribution in [2.45, 2.75) is 58.8 Å². The van der Waals surface area contributed by atoms with Crippen LogP contribution in [0, 0.1) is 28.6 Å². The lowest BCUT2D eigenvalue weighted by Gasteiger charge is -2.56. The van der Waals surface area contributed by atoms with Gasteiger partial charge in [-0.1, -0.05) is 13.8 Å². The first-order chi connectivity index (χ1) is 9.40. The molecule has 0 unspecified atom stereocenters. The van der Waals surface area contributed by atoms with E-state index in [9.17, 15) is 9.90 Å². The highest BCUT2D eigenvalue weighted by Gasteiger charge is 2.51. The summed E-state index contributed by atoms with van der Waals surface area (Å²) in [6.07, 6.45) is 8.58. The maximum absolute atomic E-state index is 12.2. The Morgan fingerprint density at radius 2 is 1.65 bits per heavy atom. The van der Waals surface area contributed by atoms with E-state index in [1.54, 1.807) is 0 Å². The summed E-state index contributed by atoms with van der Waals surface area (Å²) in [7, 11) is 0. The zero-order valence-electron chi connectivity index (χ0n) is 12.9. The molecule has 0 aromatic carbocycles. The molecule has 0 spiro atoms. The first kappa shape index (κ1) is 14.4. The Balaban J connectivity index is 1.56. The zero-order chi connectivity index (χ0) is 14.4. The maximum atomic E-state index is 12.2. The Hall–Kier alpha value is -0.570. The number of carbonyl (C=O) groups is 1. The number of ether oxygens (including phenoxy) is 1. The Kier molecular flexibility index (Phi) is 3.60. The van der Waals surface area contributed by atoms with Gasteiger partial charge in [-0.05, 0) is 61.7 Å². The van der Waals surface area contributed by atoms with E-state index in [-0.39, 0.29) is 23.4 Å². The lowest BCUT2D eigenvalue weighted by molar-refractivity contribution is -0.155. The van der Waals surface area contributed by atoms with Crippen LogP contribution in [0.5, 0.6) is 0 Å². The standard InChI is InChI=1S/C17H28O3/c1-16(2,10-18)11-20-15(19)9-17-6-12-3-13(7-17)5-14(4-12)8-17/h12-14,18H,3-11H2,1-2H3. The minimum Gasteiger partial charge on any atom is -0.465 e. The maximum Gasteiger partial charge on any atom is 0.306 e. The Bertz CT molecular complexity index is 350. The molecule has 0 heterocycles. The lowest BCUT2D eigenvalue weighted by atomic mass is 9.49. The highest BCUT2D eigenvalue weighted by Crippen LogP contribution is 2.61. The van der Waals surface area contributed by atoms with E-state index < -0.39 is 0 Å². The van der Waals surface area contributed by atoms with E-state index in [2.05, 4.69) is 0 Å². The van der Waals surface area contributed by atoms with Crippen LogP contribution in [-0.4, -0.2) is 24.3 Å². The van der Waals surface area contributed by atoms with Crippen molar-refractivity contribution in [3.8, 4) is 0 Å². The number of esters is 1. The van der Waals surface area contributed by atoms with Gasteiger partial charge in [0.25, 0.3) is 0 Å². The summed E-state index contributed by atoms with van der Waals surface area (Å²) in [4.78, 5) is 12.2. The zero-order valence-corrected chi connectivity index (χ0v) is 12.9. The minimum atomic E-state index is -0.322. The molecular weight excluding hydrogens is 252 g/mol. The molecule has 0 aromatic rings. The molecule has 114 valence electrons. The predicted octanol–water partition coefficient (Wildman–Crippen LogP) is 3.15. The lowest BCUT2D eigenvalue weighted by Crippen LogP contribution is -2.47. The van der Waals surface area contributed by atoms with Crippen LogP contribution >= 0.6 is 0 Å². The first-order valence-electron chi connectivity index (χ1n) is 8.16. The number of hydrogen-bond donors (Lipinski definition) is 1. The number of carbonyl (C=O) groups excluding carboxylic acids is 1. The average molecular weight is 280 g/mol. The molecule has 4 fully saturated rings. The molecule has 3 nitrogen and oxygen atoms in total. The van der Waals surface area contributed by atoms with Crippen LogP contribution in [0.4, 0.5) is 0 Å². The summed E-state index contributed by atoms with van der Waals surface area (Å²) in [5, 5.41) is 9.22. The molecular formula is C17H28O3. The number of aliphatic hydroxyl groups is 1. The van der Waals surface area contributed by atoms with Gasteiger partial charge in [0.15, 0.2) is 0 Å². The minimum absolute atomic E-state index is 0.0477. The molecule has 4 aliphatic carbocycles. The van der Waals surface area contributed by atoms with E-state index in [1.165, 1.54) is 38.5 Å². The van der Waals surface area contributed by atoms with Gasteiger partial charge in [0.1, 0.15) is 0 Å². The van der Waals surface area contributed by atoms with E-state index >= 15 is 0 Å². The highest BCUT2D eigenvalue weighted by atomic mass is 16.5. The molecule has 20 heavy (non-hydrogen) atoms. The normalized spacial score (nSPS) is 39.0. The molecule has 3 heteroatoms. The van der Waals surface area contributed by atoms with Gasteiger partial charge in [0.05, 0.1) is 19.6 Å². The van der Waals surface area contributed by atoms with Crippen LogP contribution < -0.4 is 0 Å². The Labute approximate surface area is 122 Å². The summed E-state index contributed by atoms with van der Waals surface area (Å²) in [5.74, 6) is 2.59. The van der Waals surface area contributed by atoms with Crippen molar-refractivity contribution in [1.29, 1.82) is 0 Å². The van der Waals surface area contributed by atoms with E-state index in [0.29, 0.717) is 13.0 Å². The van der Waals surface area contributed by atoms with E-state index in [1.807, 2.05) is 13.8 Å². The van der Waals surface area contributed by atoms with Gasteiger partial charge in [0.2, 0.25) is 0 Å². The third kappa shape index (κ3) is 2.88. The summed E-state index contributed by atoms with van der Waals surface area (Å²) in [6, 6.07) is 0. The van der Waals surface area contributed by atoms with Crippen LogP contribution in [0.1, 0.15) is 58.8 Å². The number of rotatable bonds is 5. The van der Waals surface area contributed by atoms with Crippen molar-refractivity contribution in [2.24, 2.45) is 28.6 Å². The topological polar surface area (TPSA) is 46.5 Å².